The Hall–Kier alpha value is -2.28. The van der Waals surface area contributed by atoms with Crippen LogP contribution in [-0.4, -0.2) is 23.1 Å². The highest BCUT2D eigenvalue weighted by molar-refractivity contribution is 7.80. The predicted octanol–water partition coefficient (Wildman–Crippen LogP) is 4.07. The molecular weight excluding hydrogens is 393 g/mol. The lowest BCUT2D eigenvalue weighted by atomic mass is 10.1. The van der Waals surface area contributed by atoms with E-state index in [2.05, 4.69) is 10.3 Å². The SMILES string of the molecule is Cc1ccc(N2C(=O)[C@H](C=Nc3ccc(Cl)cc3Cl)C(=O)NC2=S)cc1. The van der Waals surface area contributed by atoms with Crippen LogP contribution < -0.4 is 10.2 Å². The van der Waals surface area contributed by atoms with E-state index in [1.807, 2.05) is 19.1 Å². The van der Waals surface area contributed by atoms with Crippen molar-refractivity contribution in [1.82, 2.24) is 5.32 Å². The van der Waals surface area contributed by atoms with Gasteiger partial charge in [-0.25, -0.2) is 0 Å². The second-order valence-corrected chi connectivity index (χ2v) is 6.89. The molecule has 0 bridgehead atoms. The van der Waals surface area contributed by atoms with E-state index in [1.54, 1.807) is 24.3 Å². The summed E-state index contributed by atoms with van der Waals surface area (Å²) in [6, 6.07) is 12.0. The molecule has 0 unspecified atom stereocenters. The highest BCUT2D eigenvalue weighted by Crippen LogP contribution is 2.28. The molecule has 2 aromatic rings. The Morgan fingerprint density at radius 1 is 1.15 bits per heavy atom. The third-order valence-corrected chi connectivity index (χ3v) is 4.59. The molecule has 1 saturated heterocycles. The minimum atomic E-state index is -1.12. The molecule has 1 fully saturated rings. The molecule has 8 heteroatoms. The number of amides is 2. The molecule has 1 aliphatic rings. The summed E-state index contributed by atoms with van der Waals surface area (Å²) >= 11 is 17.1. The normalized spacial score (nSPS) is 17.7. The van der Waals surface area contributed by atoms with Crippen LogP contribution >= 0.6 is 35.4 Å². The molecule has 3 rings (SSSR count). The van der Waals surface area contributed by atoms with Crippen LogP contribution in [0.15, 0.2) is 47.5 Å². The number of aliphatic imine (C=N–C) groups is 1. The fraction of sp³-hybridized carbons (Fsp3) is 0.111. The smallest absolute Gasteiger partial charge is 0.251 e. The molecule has 2 aromatic carbocycles. The number of thiocarbonyl (C=S) groups is 1. The molecule has 0 spiro atoms. The summed E-state index contributed by atoms with van der Waals surface area (Å²) in [5, 5.41) is 3.37. The number of anilines is 1. The van der Waals surface area contributed by atoms with Crippen molar-refractivity contribution in [3.05, 3.63) is 58.1 Å². The molecule has 5 nitrogen and oxygen atoms in total. The van der Waals surface area contributed by atoms with Crippen molar-refractivity contribution in [2.75, 3.05) is 4.90 Å². The molecule has 0 aliphatic carbocycles. The third-order valence-electron chi connectivity index (χ3n) is 3.77. The number of rotatable bonds is 3. The molecule has 132 valence electrons. The number of hydrogen-bond acceptors (Lipinski definition) is 4. The first-order chi connectivity index (χ1) is 12.4. The molecule has 2 amide bonds. The number of benzene rings is 2. The van der Waals surface area contributed by atoms with Crippen molar-refractivity contribution in [2.45, 2.75) is 6.92 Å². The first-order valence-electron chi connectivity index (χ1n) is 7.61. The van der Waals surface area contributed by atoms with Gasteiger partial charge in [-0.1, -0.05) is 40.9 Å². The van der Waals surface area contributed by atoms with Crippen molar-refractivity contribution >= 4 is 69.9 Å². The van der Waals surface area contributed by atoms with Crippen LogP contribution in [0.3, 0.4) is 0 Å². The van der Waals surface area contributed by atoms with Gasteiger partial charge in [0.15, 0.2) is 11.0 Å². The van der Waals surface area contributed by atoms with Crippen molar-refractivity contribution in [2.24, 2.45) is 10.9 Å². The van der Waals surface area contributed by atoms with Crippen LogP contribution in [0.25, 0.3) is 0 Å². The summed E-state index contributed by atoms with van der Waals surface area (Å²) in [6.45, 7) is 1.94. The van der Waals surface area contributed by atoms with Gasteiger partial charge < -0.3 is 5.32 Å². The molecule has 0 saturated carbocycles. The summed E-state index contributed by atoms with van der Waals surface area (Å²) in [5.41, 5.74) is 2.03. The summed E-state index contributed by atoms with van der Waals surface area (Å²) in [5.74, 6) is -2.12. The first kappa shape index (κ1) is 18.5. The topological polar surface area (TPSA) is 61.8 Å². The van der Waals surface area contributed by atoms with Gasteiger partial charge in [-0.2, -0.15) is 0 Å². The summed E-state index contributed by atoms with van der Waals surface area (Å²) in [6.07, 6.45) is 1.26. The highest BCUT2D eigenvalue weighted by Gasteiger charge is 2.38. The first-order valence-corrected chi connectivity index (χ1v) is 8.78. The van der Waals surface area contributed by atoms with Gasteiger partial charge in [0.05, 0.1) is 16.4 Å². The molecule has 26 heavy (non-hydrogen) atoms. The molecule has 0 aromatic heterocycles. The Labute approximate surface area is 165 Å². The average Bonchev–Trinajstić information content (AvgIpc) is 2.57. The predicted molar refractivity (Wildman–Crippen MR) is 108 cm³/mol. The van der Waals surface area contributed by atoms with Crippen molar-refractivity contribution in [1.29, 1.82) is 0 Å². The molecule has 1 N–H and O–H groups in total. The number of carbonyl (C=O) groups excluding carboxylic acids is 2. The Bertz CT molecular complexity index is 929. The van der Waals surface area contributed by atoms with E-state index < -0.39 is 17.7 Å². The fourth-order valence-corrected chi connectivity index (χ4v) is 3.15. The van der Waals surface area contributed by atoms with Crippen LogP contribution in [0.4, 0.5) is 11.4 Å². The lowest BCUT2D eigenvalue weighted by Gasteiger charge is -2.30. The Morgan fingerprint density at radius 2 is 1.85 bits per heavy atom. The maximum absolute atomic E-state index is 12.8. The van der Waals surface area contributed by atoms with E-state index in [9.17, 15) is 9.59 Å². The van der Waals surface area contributed by atoms with E-state index in [4.69, 9.17) is 35.4 Å². The minimum absolute atomic E-state index is 0.0398. The van der Waals surface area contributed by atoms with Gasteiger partial charge in [-0.15, -0.1) is 0 Å². The Kier molecular flexibility index (Phi) is 5.36. The molecule has 1 heterocycles. The van der Waals surface area contributed by atoms with Gasteiger partial charge in [0.2, 0.25) is 5.91 Å². The fourth-order valence-electron chi connectivity index (χ4n) is 2.40. The molecule has 1 atom stereocenters. The number of halogens is 2. The molecule has 1 aliphatic heterocycles. The summed E-state index contributed by atoms with van der Waals surface area (Å²) in [7, 11) is 0. The summed E-state index contributed by atoms with van der Waals surface area (Å²) < 4.78 is 0. The van der Waals surface area contributed by atoms with Gasteiger partial charge in [-0.05, 0) is 49.5 Å². The van der Waals surface area contributed by atoms with Gasteiger partial charge >= 0.3 is 0 Å². The van der Waals surface area contributed by atoms with Gasteiger partial charge in [0.25, 0.3) is 5.91 Å². The van der Waals surface area contributed by atoms with Crippen LogP contribution in [0.1, 0.15) is 5.56 Å². The second kappa shape index (κ2) is 7.53. The van der Waals surface area contributed by atoms with E-state index in [0.29, 0.717) is 21.4 Å². The van der Waals surface area contributed by atoms with Crippen molar-refractivity contribution in [3.8, 4) is 0 Å². The maximum Gasteiger partial charge on any atom is 0.251 e. The zero-order chi connectivity index (χ0) is 18.8. The van der Waals surface area contributed by atoms with E-state index in [-0.39, 0.29) is 5.11 Å². The Balaban J connectivity index is 1.90. The lowest BCUT2D eigenvalue weighted by Crippen LogP contribution is -2.58. The van der Waals surface area contributed by atoms with Crippen LogP contribution in [0, 0.1) is 12.8 Å². The zero-order valence-corrected chi connectivity index (χ0v) is 15.9. The zero-order valence-electron chi connectivity index (χ0n) is 13.6. The second-order valence-electron chi connectivity index (χ2n) is 5.66. The Morgan fingerprint density at radius 3 is 2.50 bits per heavy atom. The monoisotopic (exact) mass is 405 g/mol. The minimum Gasteiger partial charge on any atom is -0.301 e. The van der Waals surface area contributed by atoms with Crippen molar-refractivity contribution in [3.63, 3.8) is 0 Å². The number of nitrogens with one attached hydrogen (secondary N) is 1. The summed E-state index contributed by atoms with van der Waals surface area (Å²) in [4.78, 5) is 30.5. The van der Waals surface area contributed by atoms with Crippen LogP contribution in [-0.2, 0) is 9.59 Å². The van der Waals surface area contributed by atoms with Crippen LogP contribution in [0.2, 0.25) is 10.0 Å². The standard InChI is InChI=1S/C18H13Cl2N3O2S/c1-10-2-5-12(6-3-10)23-17(25)13(16(24)22-18(23)26)9-21-15-7-4-11(19)8-14(15)20/h2-9,13H,1H3,(H,22,24,26)/t13-/m1/s1. The van der Waals surface area contributed by atoms with E-state index in [1.165, 1.54) is 17.2 Å². The highest BCUT2D eigenvalue weighted by atomic mass is 35.5. The lowest BCUT2D eigenvalue weighted by molar-refractivity contribution is -0.130. The largest absolute Gasteiger partial charge is 0.301 e. The maximum atomic E-state index is 12.8. The van der Waals surface area contributed by atoms with Crippen molar-refractivity contribution < 1.29 is 9.59 Å². The quantitative estimate of drug-likeness (QED) is 0.475. The van der Waals surface area contributed by atoms with Crippen LogP contribution in [0.5, 0.6) is 0 Å². The third kappa shape index (κ3) is 3.77. The number of carbonyl (C=O) groups is 2. The van der Waals surface area contributed by atoms with E-state index in [0.717, 1.165) is 5.56 Å². The average molecular weight is 406 g/mol. The molecular formula is C18H13Cl2N3O2S. The van der Waals surface area contributed by atoms with Gasteiger partial charge in [0, 0.05) is 11.2 Å². The van der Waals surface area contributed by atoms with E-state index >= 15 is 0 Å². The number of aryl methyl sites for hydroxylation is 1. The molecule has 0 radical (unpaired) electrons. The van der Waals surface area contributed by atoms with Gasteiger partial charge in [0.1, 0.15) is 0 Å². The number of nitrogens with zero attached hydrogens (tertiary/aromatic N) is 2. The number of hydrogen-bond donors (Lipinski definition) is 1. The van der Waals surface area contributed by atoms with Gasteiger partial charge in [-0.3, -0.25) is 19.5 Å².